The maximum absolute atomic E-state index is 13.2. The van der Waals surface area contributed by atoms with Gasteiger partial charge in [-0.3, -0.25) is 4.79 Å². The van der Waals surface area contributed by atoms with Crippen molar-refractivity contribution >= 4 is 11.6 Å². The van der Waals surface area contributed by atoms with E-state index in [0.29, 0.717) is 16.8 Å². The molecular weight excluding hydrogens is 532 g/mol. The van der Waals surface area contributed by atoms with Crippen molar-refractivity contribution in [3.63, 3.8) is 0 Å². The van der Waals surface area contributed by atoms with Crippen molar-refractivity contribution in [1.82, 2.24) is 9.47 Å². The van der Waals surface area contributed by atoms with Crippen LogP contribution in [0.2, 0.25) is 0 Å². The molecule has 1 heterocycles. The highest BCUT2D eigenvalue weighted by Crippen LogP contribution is 2.20. The minimum Gasteiger partial charge on any atom is -0.453 e. The van der Waals surface area contributed by atoms with Crippen LogP contribution in [0.5, 0.6) is 11.5 Å². The average molecular weight is 589 g/mol. The van der Waals surface area contributed by atoms with Crippen LogP contribution in [-0.4, -0.2) is 28.5 Å². The van der Waals surface area contributed by atoms with Gasteiger partial charge in [0.25, 0.3) is 5.91 Å². The number of hydrogen-bond donors (Lipinski definition) is 1. The lowest BCUT2D eigenvalue weighted by atomic mass is 10.0. The number of nitrogens with one attached hydrogen (secondary N) is 1. The Bertz CT molecular complexity index is 1260. The number of nitrogens with zero attached hydrogens (tertiary/aromatic N) is 3. The first-order valence-corrected chi connectivity index (χ1v) is 16.2. The number of amides is 1. The number of ether oxygens (including phenoxy) is 1. The molecule has 236 valence electrons. The number of carbonyl (C=O) groups is 1. The van der Waals surface area contributed by atoms with Crippen molar-refractivity contribution in [3.8, 4) is 11.5 Å². The van der Waals surface area contributed by atoms with E-state index >= 15 is 0 Å². The Hall–Kier alpha value is -3.80. The van der Waals surface area contributed by atoms with E-state index in [4.69, 9.17) is 9.73 Å². The standard InChI is InChI=1S/C33H44N4O2.2C2H6/c1-6-9-16-28(15-8-3)37(5)33(38)26-21-23-27(24-22-26)34-31(20-10-7-2)35-32-30(19-14-25-36(32)4)39-29-17-12-11-13-18-29;2*1-2/h11-14,17-25,28,34H,6-10,15-16H2,1-5H3;2*1-2H3/b31-20+,35-32-;;. The first kappa shape index (κ1) is 37.2. The third-order valence-electron chi connectivity index (χ3n) is 6.72. The van der Waals surface area contributed by atoms with Crippen molar-refractivity contribution in [2.45, 2.75) is 99.5 Å². The van der Waals surface area contributed by atoms with E-state index in [9.17, 15) is 4.79 Å². The molecular formula is C37H56N4O2. The van der Waals surface area contributed by atoms with Crippen LogP contribution < -0.4 is 15.5 Å². The molecule has 3 aromatic rings. The molecule has 1 N–H and O–H groups in total. The first-order valence-electron chi connectivity index (χ1n) is 16.2. The van der Waals surface area contributed by atoms with E-state index < -0.39 is 0 Å². The Morgan fingerprint density at radius 3 is 2.19 bits per heavy atom. The molecule has 6 nitrogen and oxygen atoms in total. The van der Waals surface area contributed by atoms with Crippen LogP contribution in [-0.2, 0) is 7.05 Å². The van der Waals surface area contributed by atoms with Gasteiger partial charge in [0.2, 0.25) is 0 Å². The molecule has 0 radical (unpaired) electrons. The Morgan fingerprint density at radius 1 is 0.907 bits per heavy atom. The Balaban J connectivity index is 0.00000221. The summed E-state index contributed by atoms with van der Waals surface area (Å²) >= 11 is 0. The SMILES string of the molecule is CC.CC.CCC/C=C(/N=c1/c(Oc2ccccc2)cccn1C)Nc1ccc(C(=O)N(C)C(CCC)CCCC)cc1. The molecule has 6 heteroatoms. The Labute approximate surface area is 261 Å². The summed E-state index contributed by atoms with van der Waals surface area (Å²) in [5.41, 5.74) is 2.28. The quantitative estimate of drug-likeness (QED) is 0.204. The topological polar surface area (TPSA) is 58.9 Å². The van der Waals surface area contributed by atoms with Crippen LogP contribution in [0.3, 0.4) is 0 Å². The number of aromatic nitrogens is 1. The first-order chi connectivity index (χ1) is 21.0. The fourth-order valence-corrected chi connectivity index (χ4v) is 4.45. The monoisotopic (exact) mass is 588 g/mol. The summed E-state index contributed by atoms with van der Waals surface area (Å²) in [4.78, 5) is 20.1. The number of pyridine rings is 1. The zero-order valence-electron chi connectivity index (χ0n) is 28.2. The second-order valence-electron chi connectivity index (χ2n) is 9.92. The van der Waals surface area contributed by atoms with Crippen LogP contribution in [0.4, 0.5) is 5.69 Å². The molecule has 0 aliphatic rings. The van der Waals surface area contributed by atoms with E-state index in [-0.39, 0.29) is 11.9 Å². The maximum atomic E-state index is 13.2. The second-order valence-corrected chi connectivity index (χ2v) is 9.92. The van der Waals surface area contributed by atoms with Crippen LogP contribution in [0.15, 0.2) is 89.8 Å². The maximum Gasteiger partial charge on any atom is 0.253 e. The molecule has 43 heavy (non-hydrogen) atoms. The number of para-hydroxylation sites is 1. The number of unbranched alkanes of at least 4 members (excludes halogenated alkanes) is 2. The molecule has 1 aromatic heterocycles. The van der Waals surface area contributed by atoms with Crippen LogP contribution in [0.25, 0.3) is 0 Å². The Morgan fingerprint density at radius 2 is 1.58 bits per heavy atom. The van der Waals surface area contributed by atoms with E-state index in [2.05, 4.69) is 32.2 Å². The minimum atomic E-state index is 0.0709. The van der Waals surface area contributed by atoms with Gasteiger partial charge in [0.15, 0.2) is 11.2 Å². The number of carbonyl (C=O) groups excluding carboxylic acids is 1. The van der Waals surface area contributed by atoms with Gasteiger partial charge < -0.3 is 19.5 Å². The summed E-state index contributed by atoms with van der Waals surface area (Å²) in [6.07, 6.45) is 11.4. The minimum absolute atomic E-state index is 0.0709. The van der Waals surface area contributed by atoms with Gasteiger partial charge in [-0.2, -0.15) is 0 Å². The highest BCUT2D eigenvalue weighted by atomic mass is 16.5. The number of rotatable bonds is 14. The zero-order valence-corrected chi connectivity index (χ0v) is 28.2. The molecule has 1 amide bonds. The average Bonchev–Trinajstić information content (AvgIpc) is 3.05. The van der Waals surface area contributed by atoms with Crippen LogP contribution >= 0.6 is 0 Å². The third kappa shape index (κ3) is 12.5. The zero-order chi connectivity index (χ0) is 32.0. The van der Waals surface area contributed by atoms with E-state index in [0.717, 1.165) is 62.2 Å². The van der Waals surface area contributed by atoms with E-state index in [1.54, 1.807) is 0 Å². The number of allylic oxidation sites excluding steroid dienone is 1. The van der Waals surface area contributed by atoms with Gasteiger partial charge in [-0.1, -0.05) is 92.3 Å². The molecule has 0 bridgehead atoms. The predicted octanol–water partition coefficient (Wildman–Crippen LogP) is 9.95. The van der Waals surface area contributed by atoms with Crippen molar-refractivity contribution < 1.29 is 9.53 Å². The summed E-state index contributed by atoms with van der Waals surface area (Å²) < 4.78 is 8.11. The van der Waals surface area contributed by atoms with Crippen molar-refractivity contribution in [1.29, 1.82) is 0 Å². The largest absolute Gasteiger partial charge is 0.453 e. The predicted molar refractivity (Wildman–Crippen MR) is 184 cm³/mol. The van der Waals surface area contributed by atoms with Crippen LogP contribution in [0.1, 0.15) is 104 Å². The molecule has 2 aromatic carbocycles. The summed E-state index contributed by atoms with van der Waals surface area (Å²) in [6, 6.07) is 21.6. The highest BCUT2D eigenvalue weighted by Gasteiger charge is 2.20. The van der Waals surface area contributed by atoms with Crippen molar-refractivity contribution in [3.05, 3.63) is 95.9 Å². The molecule has 0 saturated heterocycles. The third-order valence-corrected chi connectivity index (χ3v) is 6.72. The lowest BCUT2D eigenvalue weighted by molar-refractivity contribution is 0.0713. The lowest BCUT2D eigenvalue weighted by Gasteiger charge is -2.28. The van der Waals surface area contributed by atoms with Gasteiger partial charge in [-0.05, 0) is 73.9 Å². The fourth-order valence-electron chi connectivity index (χ4n) is 4.45. The second kappa shape index (κ2) is 21.8. The summed E-state index contributed by atoms with van der Waals surface area (Å²) in [7, 11) is 3.89. The van der Waals surface area contributed by atoms with Crippen molar-refractivity contribution in [2.75, 3.05) is 12.4 Å². The molecule has 1 unspecified atom stereocenters. The molecule has 0 aliphatic carbocycles. The van der Waals surface area contributed by atoms with Crippen molar-refractivity contribution in [2.24, 2.45) is 12.0 Å². The number of aryl methyl sites for hydroxylation is 1. The molecule has 0 aliphatic heterocycles. The van der Waals surface area contributed by atoms with Gasteiger partial charge in [0, 0.05) is 37.6 Å². The lowest BCUT2D eigenvalue weighted by Crippen LogP contribution is -2.37. The highest BCUT2D eigenvalue weighted by molar-refractivity contribution is 5.94. The number of anilines is 1. The fraction of sp³-hybridized carbons (Fsp3) is 0.459. The summed E-state index contributed by atoms with van der Waals surface area (Å²) in [5, 5.41) is 3.45. The molecule has 0 saturated carbocycles. The number of hydrogen-bond acceptors (Lipinski definition) is 4. The van der Waals surface area contributed by atoms with Gasteiger partial charge in [-0.25, -0.2) is 4.99 Å². The van der Waals surface area contributed by atoms with Gasteiger partial charge in [0.05, 0.1) is 0 Å². The molecule has 0 spiro atoms. The summed E-state index contributed by atoms with van der Waals surface area (Å²) in [6.45, 7) is 14.5. The van der Waals surface area contributed by atoms with Gasteiger partial charge >= 0.3 is 0 Å². The van der Waals surface area contributed by atoms with E-state index in [1.807, 2.05) is 124 Å². The molecule has 0 fully saturated rings. The van der Waals surface area contributed by atoms with Gasteiger partial charge in [-0.15, -0.1) is 0 Å². The smallest absolute Gasteiger partial charge is 0.253 e. The number of benzene rings is 2. The van der Waals surface area contributed by atoms with E-state index in [1.165, 1.54) is 0 Å². The van der Waals surface area contributed by atoms with Gasteiger partial charge in [0.1, 0.15) is 11.6 Å². The Kier molecular flexibility index (Phi) is 18.9. The molecule has 3 rings (SSSR count). The molecule has 1 atom stereocenters. The summed E-state index contributed by atoms with van der Waals surface area (Å²) in [5.74, 6) is 2.23. The van der Waals surface area contributed by atoms with Crippen LogP contribution in [0, 0.1) is 0 Å². The normalized spacial score (nSPS) is 11.8.